The van der Waals surface area contributed by atoms with Gasteiger partial charge in [0.2, 0.25) is 5.91 Å². The van der Waals surface area contributed by atoms with Crippen LogP contribution < -0.4 is 4.90 Å². The second-order valence-corrected chi connectivity index (χ2v) is 7.85. The Morgan fingerprint density at radius 1 is 0.935 bits per heavy atom. The van der Waals surface area contributed by atoms with Crippen LogP contribution in [0.3, 0.4) is 0 Å². The molecule has 0 radical (unpaired) electrons. The van der Waals surface area contributed by atoms with Crippen LogP contribution in [0.1, 0.15) is 5.56 Å². The van der Waals surface area contributed by atoms with E-state index < -0.39 is 0 Å². The van der Waals surface area contributed by atoms with Gasteiger partial charge in [-0.05, 0) is 23.8 Å². The van der Waals surface area contributed by atoms with E-state index >= 15 is 0 Å². The van der Waals surface area contributed by atoms with Gasteiger partial charge in [-0.2, -0.15) is 10.2 Å². The van der Waals surface area contributed by atoms with Crippen LogP contribution >= 0.6 is 0 Å². The zero-order chi connectivity index (χ0) is 21.4. The molecule has 0 unspecified atom stereocenters. The molecule has 0 saturated carbocycles. The lowest BCUT2D eigenvalue weighted by atomic mass is 10.1. The minimum atomic E-state index is -0.286. The lowest BCUT2D eigenvalue weighted by Gasteiger charge is -2.35. The van der Waals surface area contributed by atoms with Crippen LogP contribution in [0.2, 0.25) is 0 Å². The minimum Gasteiger partial charge on any atom is -0.365 e. The van der Waals surface area contributed by atoms with E-state index in [0.717, 1.165) is 41.0 Å². The molecule has 1 saturated heterocycles. The number of halogens is 1. The molecule has 4 heterocycles. The molecule has 0 spiro atoms. The van der Waals surface area contributed by atoms with Gasteiger partial charge in [-0.1, -0.05) is 18.2 Å². The van der Waals surface area contributed by atoms with Gasteiger partial charge in [-0.25, -0.2) is 8.91 Å². The highest BCUT2D eigenvalue weighted by Gasteiger charge is 2.23. The molecule has 8 heteroatoms. The van der Waals surface area contributed by atoms with Crippen molar-refractivity contribution in [2.45, 2.75) is 6.42 Å². The van der Waals surface area contributed by atoms with Gasteiger partial charge in [0, 0.05) is 56.7 Å². The predicted octanol–water partition coefficient (Wildman–Crippen LogP) is 2.77. The van der Waals surface area contributed by atoms with Crippen molar-refractivity contribution in [3.05, 3.63) is 72.6 Å². The molecule has 4 aromatic rings. The van der Waals surface area contributed by atoms with E-state index in [1.54, 1.807) is 16.8 Å². The largest absolute Gasteiger partial charge is 0.365 e. The van der Waals surface area contributed by atoms with Crippen LogP contribution in [-0.2, 0) is 18.3 Å². The third kappa shape index (κ3) is 3.88. The summed E-state index contributed by atoms with van der Waals surface area (Å²) in [5.41, 5.74) is 5.06. The highest BCUT2D eigenvalue weighted by atomic mass is 19.1. The Kier molecular flexibility index (Phi) is 4.89. The molecule has 1 fully saturated rings. The summed E-state index contributed by atoms with van der Waals surface area (Å²) in [6, 6.07) is 10.3. The van der Waals surface area contributed by atoms with Crippen LogP contribution in [0.4, 0.5) is 10.1 Å². The molecule has 31 heavy (non-hydrogen) atoms. The average molecular weight is 418 g/mol. The van der Waals surface area contributed by atoms with E-state index in [1.165, 1.54) is 12.1 Å². The average Bonchev–Trinajstić information content (AvgIpc) is 3.41. The Hall–Kier alpha value is -3.68. The second kappa shape index (κ2) is 7.86. The molecule has 0 N–H and O–H groups in total. The van der Waals surface area contributed by atoms with E-state index in [2.05, 4.69) is 27.2 Å². The molecule has 158 valence electrons. The van der Waals surface area contributed by atoms with Crippen molar-refractivity contribution in [3.8, 4) is 11.1 Å². The Balaban J connectivity index is 1.26. The van der Waals surface area contributed by atoms with Gasteiger partial charge in [0.15, 0.2) is 0 Å². The maximum Gasteiger partial charge on any atom is 0.227 e. The van der Waals surface area contributed by atoms with Gasteiger partial charge >= 0.3 is 0 Å². The van der Waals surface area contributed by atoms with Gasteiger partial charge in [0.1, 0.15) is 5.82 Å². The third-order valence-corrected chi connectivity index (χ3v) is 5.78. The molecule has 0 aliphatic carbocycles. The maximum atomic E-state index is 13.1. The lowest BCUT2D eigenvalue weighted by molar-refractivity contribution is -0.130. The van der Waals surface area contributed by atoms with Crippen molar-refractivity contribution in [2.24, 2.45) is 7.05 Å². The van der Waals surface area contributed by atoms with Gasteiger partial charge in [-0.15, -0.1) is 0 Å². The Labute approximate surface area is 179 Å². The summed E-state index contributed by atoms with van der Waals surface area (Å²) in [5, 5.41) is 8.77. The number of nitrogens with zero attached hydrogens (tertiary/aromatic N) is 6. The van der Waals surface area contributed by atoms with Gasteiger partial charge in [0.25, 0.3) is 0 Å². The number of amides is 1. The van der Waals surface area contributed by atoms with Crippen LogP contribution in [0.25, 0.3) is 16.6 Å². The quantitative estimate of drug-likeness (QED) is 0.511. The number of aromatic nitrogens is 4. The van der Waals surface area contributed by atoms with Gasteiger partial charge in [-0.3, -0.25) is 9.48 Å². The number of piperazine rings is 1. The van der Waals surface area contributed by atoms with Crippen LogP contribution in [0.5, 0.6) is 0 Å². The zero-order valence-corrected chi connectivity index (χ0v) is 17.3. The molecule has 1 aliphatic rings. The number of hydrogen-bond donors (Lipinski definition) is 0. The predicted molar refractivity (Wildman–Crippen MR) is 116 cm³/mol. The van der Waals surface area contributed by atoms with Crippen molar-refractivity contribution < 1.29 is 9.18 Å². The number of rotatable bonds is 4. The summed E-state index contributed by atoms with van der Waals surface area (Å²) < 4.78 is 16.7. The summed E-state index contributed by atoms with van der Waals surface area (Å²) >= 11 is 0. The van der Waals surface area contributed by atoms with Crippen molar-refractivity contribution in [2.75, 3.05) is 31.1 Å². The Morgan fingerprint density at radius 2 is 1.71 bits per heavy atom. The molecular formula is C23H23FN6O. The van der Waals surface area contributed by atoms with Crippen molar-refractivity contribution >= 4 is 17.1 Å². The van der Waals surface area contributed by atoms with Gasteiger partial charge in [0.05, 0.1) is 30.0 Å². The number of carbonyl (C=O) groups is 1. The molecule has 1 amide bonds. The molecule has 0 bridgehead atoms. The minimum absolute atomic E-state index is 0.0761. The van der Waals surface area contributed by atoms with Crippen LogP contribution in [0, 0.1) is 5.82 Å². The fourth-order valence-electron chi connectivity index (χ4n) is 4.04. The molecule has 1 aromatic carbocycles. The summed E-state index contributed by atoms with van der Waals surface area (Å²) in [7, 11) is 1.90. The van der Waals surface area contributed by atoms with Crippen LogP contribution in [0.15, 0.2) is 61.2 Å². The molecule has 7 nitrogen and oxygen atoms in total. The van der Waals surface area contributed by atoms with Crippen LogP contribution in [-0.4, -0.2) is 56.4 Å². The summed E-state index contributed by atoms with van der Waals surface area (Å²) in [6.07, 6.45) is 8.02. The number of hydrogen-bond acceptors (Lipinski definition) is 4. The highest BCUT2D eigenvalue weighted by molar-refractivity contribution is 5.80. The van der Waals surface area contributed by atoms with Crippen molar-refractivity contribution in [1.82, 2.24) is 24.3 Å². The van der Waals surface area contributed by atoms with Gasteiger partial charge < -0.3 is 9.80 Å². The normalized spacial score (nSPS) is 14.4. The highest BCUT2D eigenvalue weighted by Crippen LogP contribution is 2.26. The Morgan fingerprint density at radius 3 is 2.42 bits per heavy atom. The number of fused-ring (bicyclic) bond motifs is 1. The first-order chi connectivity index (χ1) is 15.1. The topological polar surface area (TPSA) is 58.7 Å². The van der Waals surface area contributed by atoms with E-state index in [4.69, 9.17) is 0 Å². The van der Waals surface area contributed by atoms with Crippen molar-refractivity contribution in [1.29, 1.82) is 0 Å². The SMILES string of the molecule is Cn1cc(-c2ccc3c(N4CCN(C(=O)Cc5ccc(F)cc5)CC4)cnn3c2)cn1. The number of carbonyl (C=O) groups excluding carboxylic acids is 1. The fraction of sp³-hybridized carbons (Fsp3) is 0.261. The summed E-state index contributed by atoms with van der Waals surface area (Å²) in [5.74, 6) is -0.210. The summed E-state index contributed by atoms with van der Waals surface area (Å²) in [6.45, 7) is 2.82. The first kappa shape index (κ1) is 19.3. The maximum absolute atomic E-state index is 13.1. The lowest BCUT2D eigenvalue weighted by Crippen LogP contribution is -2.49. The molecule has 0 atom stereocenters. The first-order valence-electron chi connectivity index (χ1n) is 10.3. The number of pyridine rings is 1. The smallest absolute Gasteiger partial charge is 0.227 e. The van der Waals surface area contributed by atoms with Crippen molar-refractivity contribution in [3.63, 3.8) is 0 Å². The molecule has 1 aliphatic heterocycles. The fourth-order valence-corrected chi connectivity index (χ4v) is 4.04. The first-order valence-corrected chi connectivity index (χ1v) is 10.3. The monoisotopic (exact) mass is 418 g/mol. The second-order valence-electron chi connectivity index (χ2n) is 7.85. The van der Waals surface area contributed by atoms with E-state index in [9.17, 15) is 9.18 Å². The molecular weight excluding hydrogens is 395 g/mol. The third-order valence-electron chi connectivity index (χ3n) is 5.78. The van der Waals surface area contributed by atoms with E-state index in [1.807, 2.05) is 41.3 Å². The van der Waals surface area contributed by atoms with E-state index in [0.29, 0.717) is 19.5 Å². The molecule has 3 aromatic heterocycles. The standard InChI is InChI=1S/C23H23FN6O/c1-27-15-19(13-25-27)18-4-7-21-22(14-26-30(21)16-18)28-8-10-29(11-9-28)23(31)12-17-2-5-20(24)6-3-17/h2-7,13-16H,8-12H2,1H3. The number of aryl methyl sites for hydroxylation is 1. The summed E-state index contributed by atoms with van der Waals surface area (Å²) in [4.78, 5) is 16.8. The Bertz CT molecular complexity index is 1220. The molecule has 5 rings (SSSR count). The number of benzene rings is 1. The number of anilines is 1. The zero-order valence-electron chi connectivity index (χ0n) is 17.3. The van der Waals surface area contributed by atoms with E-state index in [-0.39, 0.29) is 11.7 Å².